The first-order valence-electron chi connectivity index (χ1n) is 4.45. The van der Waals surface area contributed by atoms with Gasteiger partial charge in [-0.1, -0.05) is 0 Å². The van der Waals surface area contributed by atoms with E-state index in [4.69, 9.17) is 0 Å². The number of halogens is 1. The maximum absolute atomic E-state index is 13.0. The minimum Gasteiger partial charge on any atom is -0.512 e. The second-order valence-electron chi connectivity index (χ2n) is 3.32. The Morgan fingerprint density at radius 1 is 1.53 bits per heavy atom. The van der Waals surface area contributed by atoms with E-state index in [0.717, 1.165) is 4.90 Å². The van der Waals surface area contributed by atoms with Crippen molar-refractivity contribution in [3.05, 3.63) is 40.9 Å². The van der Waals surface area contributed by atoms with Crippen molar-refractivity contribution >= 4 is 17.5 Å². The van der Waals surface area contributed by atoms with Crippen LogP contribution < -0.4 is 0 Å². The summed E-state index contributed by atoms with van der Waals surface area (Å²) < 4.78 is 13.0. The summed E-state index contributed by atoms with van der Waals surface area (Å²) >= 11 is 1.43. The summed E-state index contributed by atoms with van der Waals surface area (Å²) in [7, 11) is 0. The highest BCUT2D eigenvalue weighted by Gasteiger charge is 2.24. The summed E-state index contributed by atoms with van der Waals surface area (Å²) in [5.41, 5.74) is 0.702. The van der Waals surface area contributed by atoms with Crippen LogP contribution in [0.3, 0.4) is 0 Å². The molecule has 15 heavy (non-hydrogen) atoms. The second-order valence-corrected chi connectivity index (χ2v) is 4.34. The molecule has 0 radical (unpaired) electrons. The summed E-state index contributed by atoms with van der Waals surface area (Å²) in [6, 6.07) is 4.14. The van der Waals surface area contributed by atoms with Gasteiger partial charge in [0.15, 0.2) is 5.78 Å². The van der Waals surface area contributed by atoms with Gasteiger partial charge in [-0.05, 0) is 25.1 Å². The number of carbonyl (C=O) groups excluding carboxylic acids is 1. The van der Waals surface area contributed by atoms with Crippen molar-refractivity contribution < 1.29 is 14.3 Å². The molecule has 0 saturated heterocycles. The maximum Gasteiger partial charge on any atom is 0.194 e. The molecular formula is C11H9FO2S. The number of aliphatic hydroxyl groups excluding tert-OH is 1. The fraction of sp³-hybridized carbons (Fsp3) is 0.182. The van der Waals surface area contributed by atoms with Crippen LogP contribution in [-0.2, 0) is 0 Å². The lowest BCUT2D eigenvalue weighted by Crippen LogP contribution is -2.14. The van der Waals surface area contributed by atoms with Gasteiger partial charge in [0.2, 0.25) is 0 Å². The lowest BCUT2D eigenvalue weighted by molar-refractivity contribution is 0.102. The van der Waals surface area contributed by atoms with Crippen molar-refractivity contribution in [3.8, 4) is 0 Å². The molecule has 2 nitrogen and oxygen atoms in total. The van der Waals surface area contributed by atoms with Gasteiger partial charge in [0.25, 0.3) is 0 Å². The molecule has 1 aromatic rings. The minimum atomic E-state index is -0.431. The highest BCUT2D eigenvalue weighted by molar-refractivity contribution is 7.99. The number of benzene rings is 1. The van der Waals surface area contributed by atoms with E-state index in [2.05, 4.69) is 0 Å². The van der Waals surface area contributed by atoms with Gasteiger partial charge in [0.1, 0.15) is 5.82 Å². The van der Waals surface area contributed by atoms with E-state index in [0.29, 0.717) is 16.9 Å². The Morgan fingerprint density at radius 3 is 2.93 bits per heavy atom. The molecule has 0 aromatic heterocycles. The third-order valence-electron chi connectivity index (χ3n) is 2.27. The minimum absolute atomic E-state index is 0.0161. The molecule has 1 aliphatic heterocycles. The van der Waals surface area contributed by atoms with Gasteiger partial charge in [0, 0.05) is 21.8 Å². The predicted molar refractivity (Wildman–Crippen MR) is 56.8 cm³/mol. The first kappa shape index (κ1) is 10.2. The van der Waals surface area contributed by atoms with Crippen molar-refractivity contribution in [2.75, 3.05) is 5.75 Å². The van der Waals surface area contributed by atoms with Crippen molar-refractivity contribution in [2.45, 2.75) is 11.8 Å². The van der Waals surface area contributed by atoms with Crippen LogP contribution in [-0.4, -0.2) is 16.6 Å². The Kier molecular flexibility index (Phi) is 2.52. The molecule has 0 fully saturated rings. The first-order chi connectivity index (χ1) is 7.09. The molecular weight excluding hydrogens is 215 g/mol. The van der Waals surface area contributed by atoms with Crippen molar-refractivity contribution in [1.29, 1.82) is 0 Å². The number of rotatable bonds is 0. The largest absolute Gasteiger partial charge is 0.512 e. The van der Waals surface area contributed by atoms with Gasteiger partial charge in [-0.25, -0.2) is 4.39 Å². The molecule has 1 N–H and O–H groups in total. The summed E-state index contributed by atoms with van der Waals surface area (Å²) in [6.07, 6.45) is 0. The smallest absolute Gasteiger partial charge is 0.194 e. The molecule has 1 aromatic carbocycles. The van der Waals surface area contributed by atoms with Crippen LogP contribution >= 0.6 is 11.8 Å². The van der Waals surface area contributed by atoms with Gasteiger partial charge in [0.05, 0.1) is 5.76 Å². The molecule has 1 aliphatic rings. The Hall–Kier alpha value is -1.29. The molecule has 0 bridgehead atoms. The molecule has 4 heteroatoms. The summed E-state index contributed by atoms with van der Waals surface area (Å²) in [6.45, 7) is 1.47. The third kappa shape index (κ3) is 1.77. The number of allylic oxidation sites excluding steroid dienone is 1. The van der Waals surface area contributed by atoms with E-state index in [1.54, 1.807) is 6.07 Å². The summed E-state index contributed by atoms with van der Waals surface area (Å²) in [4.78, 5) is 12.6. The van der Waals surface area contributed by atoms with Crippen molar-refractivity contribution in [1.82, 2.24) is 0 Å². The highest BCUT2D eigenvalue weighted by Crippen LogP contribution is 2.33. The van der Waals surface area contributed by atoms with Gasteiger partial charge in [-0.2, -0.15) is 0 Å². The summed E-state index contributed by atoms with van der Waals surface area (Å²) in [5.74, 6) is -0.245. The molecule has 0 unspecified atom stereocenters. The highest BCUT2D eigenvalue weighted by atomic mass is 32.2. The zero-order valence-corrected chi connectivity index (χ0v) is 8.90. The third-order valence-corrected chi connectivity index (χ3v) is 3.37. The van der Waals surface area contributed by atoms with E-state index in [1.165, 1.54) is 30.8 Å². The molecule has 0 aliphatic carbocycles. The topological polar surface area (TPSA) is 37.3 Å². The van der Waals surface area contributed by atoms with Crippen molar-refractivity contribution in [2.24, 2.45) is 0 Å². The van der Waals surface area contributed by atoms with E-state index >= 15 is 0 Å². The van der Waals surface area contributed by atoms with Crippen LogP contribution in [0.25, 0.3) is 0 Å². The van der Waals surface area contributed by atoms with Gasteiger partial charge >= 0.3 is 0 Å². The number of ketones is 1. The number of Topliss-reactive ketones (excluding diaryl/α,β-unsaturated/α-hetero) is 1. The normalized spacial score (nSPS) is 18.7. The molecule has 0 atom stereocenters. The Labute approximate surface area is 90.8 Å². The lowest BCUT2D eigenvalue weighted by Gasteiger charge is -2.17. The number of thioether (sulfide) groups is 1. The molecule has 0 spiro atoms. The number of hydrogen-bond acceptors (Lipinski definition) is 3. The molecule has 2 rings (SSSR count). The Bertz CT molecular complexity index is 462. The van der Waals surface area contributed by atoms with E-state index in [9.17, 15) is 14.3 Å². The summed E-state index contributed by atoms with van der Waals surface area (Å²) in [5, 5.41) is 9.29. The average molecular weight is 224 g/mol. The molecule has 78 valence electrons. The number of aliphatic hydroxyl groups is 1. The van der Waals surface area contributed by atoms with Gasteiger partial charge < -0.3 is 5.11 Å². The van der Waals surface area contributed by atoms with E-state index < -0.39 is 5.82 Å². The average Bonchev–Trinajstić information content (AvgIpc) is 2.19. The van der Waals surface area contributed by atoms with Gasteiger partial charge in [-0.3, -0.25) is 4.79 Å². The maximum atomic E-state index is 13.0. The zero-order chi connectivity index (χ0) is 11.0. The van der Waals surface area contributed by atoms with E-state index in [-0.39, 0.29) is 11.5 Å². The van der Waals surface area contributed by atoms with Crippen LogP contribution in [0, 0.1) is 5.82 Å². The number of fused-ring (bicyclic) bond motifs is 1. The molecule has 0 saturated carbocycles. The molecule has 0 amide bonds. The monoisotopic (exact) mass is 224 g/mol. The van der Waals surface area contributed by atoms with Crippen LogP contribution in [0.4, 0.5) is 4.39 Å². The van der Waals surface area contributed by atoms with Crippen LogP contribution in [0.2, 0.25) is 0 Å². The number of carbonyl (C=O) groups is 1. The fourth-order valence-corrected chi connectivity index (χ4v) is 2.56. The fourth-order valence-electron chi connectivity index (χ4n) is 1.45. The quantitative estimate of drug-likeness (QED) is 0.543. The van der Waals surface area contributed by atoms with Crippen LogP contribution in [0.5, 0.6) is 0 Å². The SMILES string of the molecule is C/C(O)=C1\CSc2ccc(F)cc2C1=O. The molecule has 1 heterocycles. The first-order valence-corrected chi connectivity index (χ1v) is 5.44. The van der Waals surface area contributed by atoms with E-state index in [1.807, 2.05) is 0 Å². The Morgan fingerprint density at radius 2 is 2.27 bits per heavy atom. The van der Waals surface area contributed by atoms with Crippen LogP contribution in [0.15, 0.2) is 34.4 Å². The number of hydrogen-bond donors (Lipinski definition) is 1. The second kappa shape index (κ2) is 3.70. The van der Waals surface area contributed by atoms with Crippen molar-refractivity contribution in [3.63, 3.8) is 0 Å². The predicted octanol–water partition coefficient (Wildman–Crippen LogP) is 2.95. The lowest BCUT2D eigenvalue weighted by atomic mass is 10.0. The standard InChI is InChI=1S/C11H9FO2S/c1-6(13)9-5-15-10-3-2-7(12)4-8(10)11(9)14/h2-4,13H,5H2,1H3/b9-6-. The zero-order valence-electron chi connectivity index (χ0n) is 8.08. The van der Waals surface area contributed by atoms with Gasteiger partial charge in [-0.15, -0.1) is 11.8 Å². The Balaban J connectivity index is 2.55. The van der Waals surface area contributed by atoms with Crippen LogP contribution in [0.1, 0.15) is 17.3 Å².